The molecule has 0 spiro atoms. The number of rotatable bonds is 3. The first-order chi connectivity index (χ1) is 6.81. The summed E-state index contributed by atoms with van der Waals surface area (Å²) in [5.41, 5.74) is 0. The van der Waals surface area contributed by atoms with Crippen molar-refractivity contribution in [3.8, 4) is 0 Å². The van der Waals surface area contributed by atoms with Crippen molar-refractivity contribution in [1.29, 1.82) is 0 Å². The van der Waals surface area contributed by atoms with Gasteiger partial charge in [-0.1, -0.05) is 6.42 Å². The Morgan fingerprint density at radius 2 is 2.36 bits per heavy atom. The van der Waals surface area contributed by atoms with E-state index in [-0.39, 0.29) is 5.89 Å². The number of aromatic nitrogens is 2. The van der Waals surface area contributed by atoms with Gasteiger partial charge in [0.2, 0.25) is 5.89 Å². The SMILES string of the molecule is CCOC(=O)c1nnc(C2CCC2)o1. The summed E-state index contributed by atoms with van der Waals surface area (Å²) < 4.78 is 9.94. The molecular formula is C9H12N2O3. The quantitative estimate of drug-likeness (QED) is 0.685. The summed E-state index contributed by atoms with van der Waals surface area (Å²) in [7, 11) is 0. The summed E-state index contributed by atoms with van der Waals surface area (Å²) in [6, 6.07) is 0. The van der Waals surface area contributed by atoms with Crippen LogP contribution >= 0.6 is 0 Å². The molecule has 14 heavy (non-hydrogen) atoms. The maximum Gasteiger partial charge on any atom is 0.396 e. The highest BCUT2D eigenvalue weighted by Crippen LogP contribution is 2.35. The maximum atomic E-state index is 11.2. The van der Waals surface area contributed by atoms with Gasteiger partial charge in [0.1, 0.15) is 0 Å². The molecule has 0 bridgehead atoms. The minimum atomic E-state index is -0.537. The van der Waals surface area contributed by atoms with Crippen LogP contribution < -0.4 is 0 Å². The van der Waals surface area contributed by atoms with Gasteiger partial charge in [0, 0.05) is 5.92 Å². The van der Waals surface area contributed by atoms with Gasteiger partial charge in [-0.3, -0.25) is 0 Å². The molecule has 1 fully saturated rings. The smallest absolute Gasteiger partial charge is 0.396 e. The zero-order valence-electron chi connectivity index (χ0n) is 8.02. The van der Waals surface area contributed by atoms with Gasteiger partial charge in [0.05, 0.1) is 6.61 Å². The average Bonchev–Trinajstić information content (AvgIpc) is 2.50. The molecule has 0 atom stereocenters. The summed E-state index contributed by atoms with van der Waals surface area (Å²) in [4.78, 5) is 11.2. The fraction of sp³-hybridized carbons (Fsp3) is 0.667. The van der Waals surface area contributed by atoms with Crippen molar-refractivity contribution in [2.24, 2.45) is 0 Å². The molecule has 0 N–H and O–H groups in total. The van der Waals surface area contributed by atoms with Crippen LogP contribution in [0.2, 0.25) is 0 Å². The van der Waals surface area contributed by atoms with Crippen molar-refractivity contribution in [2.75, 3.05) is 6.61 Å². The van der Waals surface area contributed by atoms with Crippen LogP contribution in [0.15, 0.2) is 4.42 Å². The molecule has 0 unspecified atom stereocenters. The van der Waals surface area contributed by atoms with E-state index in [2.05, 4.69) is 10.2 Å². The molecule has 0 aromatic carbocycles. The Hall–Kier alpha value is -1.39. The van der Waals surface area contributed by atoms with Crippen LogP contribution in [-0.2, 0) is 4.74 Å². The van der Waals surface area contributed by atoms with Crippen molar-refractivity contribution in [2.45, 2.75) is 32.1 Å². The largest absolute Gasteiger partial charge is 0.459 e. The first kappa shape index (κ1) is 9.18. The number of carbonyl (C=O) groups excluding carboxylic acids is 1. The highest BCUT2D eigenvalue weighted by Gasteiger charge is 2.26. The molecular weight excluding hydrogens is 184 g/mol. The third-order valence-corrected chi connectivity index (χ3v) is 2.35. The van der Waals surface area contributed by atoms with E-state index >= 15 is 0 Å². The number of hydrogen-bond acceptors (Lipinski definition) is 5. The maximum absolute atomic E-state index is 11.2. The van der Waals surface area contributed by atoms with Crippen molar-refractivity contribution in [3.63, 3.8) is 0 Å². The summed E-state index contributed by atoms with van der Waals surface area (Å²) in [6.07, 6.45) is 3.34. The highest BCUT2D eigenvalue weighted by atomic mass is 16.5. The molecule has 1 aliphatic carbocycles. The van der Waals surface area contributed by atoms with Crippen LogP contribution in [0.4, 0.5) is 0 Å². The van der Waals surface area contributed by atoms with Gasteiger partial charge in [-0.2, -0.15) is 0 Å². The van der Waals surface area contributed by atoms with E-state index in [9.17, 15) is 4.79 Å². The van der Waals surface area contributed by atoms with Crippen molar-refractivity contribution >= 4 is 5.97 Å². The molecule has 5 heteroatoms. The van der Waals surface area contributed by atoms with Crippen LogP contribution in [-0.4, -0.2) is 22.8 Å². The second-order valence-corrected chi connectivity index (χ2v) is 3.29. The molecule has 0 radical (unpaired) electrons. The van der Waals surface area contributed by atoms with E-state index in [4.69, 9.17) is 9.15 Å². The lowest BCUT2D eigenvalue weighted by Gasteiger charge is -2.20. The molecule has 0 aliphatic heterocycles. The third kappa shape index (κ3) is 1.62. The van der Waals surface area contributed by atoms with Crippen LogP contribution in [0.25, 0.3) is 0 Å². The number of carbonyl (C=O) groups is 1. The normalized spacial score (nSPS) is 16.4. The highest BCUT2D eigenvalue weighted by molar-refractivity contribution is 5.83. The van der Waals surface area contributed by atoms with Crippen LogP contribution in [0.3, 0.4) is 0 Å². The molecule has 1 saturated carbocycles. The third-order valence-electron chi connectivity index (χ3n) is 2.35. The van der Waals surface area contributed by atoms with Gasteiger partial charge in [0.25, 0.3) is 0 Å². The summed E-state index contributed by atoms with van der Waals surface area (Å²) in [5.74, 6) is 0.351. The number of nitrogens with zero attached hydrogens (tertiary/aromatic N) is 2. The standard InChI is InChI=1S/C9H12N2O3/c1-2-13-9(12)8-11-10-7(14-8)6-4-3-5-6/h6H,2-5H2,1H3. The van der Waals surface area contributed by atoms with E-state index in [0.29, 0.717) is 18.4 Å². The van der Waals surface area contributed by atoms with E-state index in [1.165, 1.54) is 6.42 Å². The molecule has 2 rings (SSSR count). The van der Waals surface area contributed by atoms with Crippen molar-refractivity contribution < 1.29 is 13.9 Å². The van der Waals surface area contributed by atoms with Gasteiger partial charge in [0.15, 0.2) is 0 Å². The molecule has 1 heterocycles. The molecule has 1 aromatic rings. The zero-order valence-corrected chi connectivity index (χ0v) is 8.02. The predicted octanol–water partition coefficient (Wildman–Crippen LogP) is 1.51. The van der Waals surface area contributed by atoms with Crippen LogP contribution in [0.1, 0.15) is 48.7 Å². The Balaban J connectivity index is 2.05. The predicted molar refractivity (Wildman–Crippen MR) is 46.8 cm³/mol. The van der Waals surface area contributed by atoms with Crippen LogP contribution in [0.5, 0.6) is 0 Å². The van der Waals surface area contributed by atoms with E-state index in [0.717, 1.165) is 12.8 Å². The van der Waals surface area contributed by atoms with Crippen LogP contribution in [0, 0.1) is 0 Å². The lowest BCUT2D eigenvalue weighted by atomic mass is 9.85. The molecule has 5 nitrogen and oxygen atoms in total. The second kappa shape index (κ2) is 3.77. The van der Waals surface area contributed by atoms with E-state index in [1.807, 2.05) is 0 Å². The van der Waals surface area contributed by atoms with E-state index < -0.39 is 5.97 Å². The molecule has 0 saturated heterocycles. The second-order valence-electron chi connectivity index (χ2n) is 3.29. The molecule has 0 amide bonds. The lowest BCUT2D eigenvalue weighted by Crippen LogP contribution is -2.08. The summed E-state index contributed by atoms with van der Waals surface area (Å²) in [5, 5.41) is 7.47. The first-order valence-electron chi connectivity index (χ1n) is 4.81. The summed E-state index contributed by atoms with van der Waals surface area (Å²) >= 11 is 0. The number of esters is 1. The average molecular weight is 196 g/mol. The number of hydrogen-bond donors (Lipinski definition) is 0. The fourth-order valence-electron chi connectivity index (χ4n) is 1.33. The van der Waals surface area contributed by atoms with Gasteiger partial charge < -0.3 is 9.15 Å². The minimum absolute atomic E-state index is 0.0336. The monoisotopic (exact) mass is 196 g/mol. The van der Waals surface area contributed by atoms with E-state index in [1.54, 1.807) is 6.92 Å². The van der Waals surface area contributed by atoms with Gasteiger partial charge in [-0.25, -0.2) is 4.79 Å². The number of ether oxygens (including phenoxy) is 1. The topological polar surface area (TPSA) is 65.2 Å². The van der Waals surface area contributed by atoms with Gasteiger partial charge >= 0.3 is 11.9 Å². The minimum Gasteiger partial charge on any atom is -0.459 e. The lowest BCUT2D eigenvalue weighted by molar-refractivity contribution is 0.0477. The molecule has 1 aliphatic rings. The fourth-order valence-corrected chi connectivity index (χ4v) is 1.33. The van der Waals surface area contributed by atoms with Gasteiger partial charge in [-0.05, 0) is 19.8 Å². The Morgan fingerprint density at radius 3 is 2.93 bits per heavy atom. The van der Waals surface area contributed by atoms with Crippen molar-refractivity contribution in [1.82, 2.24) is 10.2 Å². The summed E-state index contributed by atoms with van der Waals surface area (Å²) in [6.45, 7) is 2.06. The Morgan fingerprint density at radius 1 is 1.57 bits per heavy atom. The molecule has 1 aromatic heterocycles. The zero-order chi connectivity index (χ0) is 9.97. The Bertz CT molecular complexity index is 331. The van der Waals surface area contributed by atoms with Crippen molar-refractivity contribution in [3.05, 3.63) is 11.8 Å². The molecule has 76 valence electrons. The Labute approximate surface area is 81.5 Å². The first-order valence-corrected chi connectivity index (χ1v) is 4.81. The van der Waals surface area contributed by atoms with Gasteiger partial charge in [-0.15, -0.1) is 10.2 Å². The Kier molecular flexibility index (Phi) is 2.47.